The Bertz CT molecular complexity index is 476. The van der Waals surface area contributed by atoms with E-state index in [1.165, 1.54) is 16.7 Å². The predicted molar refractivity (Wildman–Crippen MR) is 69.9 cm³/mol. The smallest absolute Gasteiger partial charge is 0.163 e. The monoisotopic (exact) mass is 245 g/mol. The fourth-order valence-electron chi connectivity index (χ4n) is 2.95. The van der Waals surface area contributed by atoms with Crippen LogP contribution in [0.3, 0.4) is 0 Å². The Kier molecular flexibility index (Phi) is 3.18. The van der Waals surface area contributed by atoms with Crippen LogP contribution in [0.1, 0.15) is 33.5 Å². The first-order valence-corrected chi connectivity index (χ1v) is 6.70. The highest BCUT2D eigenvalue weighted by atomic mass is 16.5. The van der Waals surface area contributed by atoms with Crippen molar-refractivity contribution in [3.8, 4) is 0 Å². The van der Waals surface area contributed by atoms with Gasteiger partial charge in [0.1, 0.15) is 0 Å². The van der Waals surface area contributed by atoms with Gasteiger partial charge in [0.05, 0.1) is 13.2 Å². The highest BCUT2D eigenvalue weighted by Gasteiger charge is 2.22. The normalized spacial score (nSPS) is 20.2. The molecular weight excluding hydrogens is 226 g/mol. The summed E-state index contributed by atoms with van der Waals surface area (Å²) in [4.78, 5) is 14.2. The maximum absolute atomic E-state index is 11.8. The number of ether oxygens (including phenoxy) is 1. The molecule has 3 nitrogen and oxygen atoms in total. The zero-order valence-corrected chi connectivity index (χ0v) is 10.9. The van der Waals surface area contributed by atoms with E-state index < -0.39 is 0 Å². The number of morpholine rings is 1. The molecule has 0 saturated carbocycles. The van der Waals surface area contributed by atoms with Crippen LogP contribution >= 0.6 is 0 Å². The molecule has 18 heavy (non-hydrogen) atoms. The minimum Gasteiger partial charge on any atom is -0.379 e. The van der Waals surface area contributed by atoms with Gasteiger partial charge in [0.25, 0.3) is 0 Å². The molecule has 1 aliphatic carbocycles. The van der Waals surface area contributed by atoms with Crippen LogP contribution in [0.2, 0.25) is 0 Å². The molecule has 1 aromatic rings. The van der Waals surface area contributed by atoms with Gasteiger partial charge in [-0.3, -0.25) is 9.69 Å². The van der Waals surface area contributed by atoms with Crippen LogP contribution in [0.5, 0.6) is 0 Å². The summed E-state index contributed by atoms with van der Waals surface area (Å²) in [6.45, 7) is 6.69. The lowest BCUT2D eigenvalue weighted by Gasteiger charge is -2.26. The second-order valence-electron chi connectivity index (χ2n) is 5.25. The SMILES string of the molecule is Cc1cc(CN2CCOCC2)cc2c1CCC2=O. The summed E-state index contributed by atoms with van der Waals surface area (Å²) in [5, 5.41) is 0. The van der Waals surface area contributed by atoms with Crippen molar-refractivity contribution in [3.05, 3.63) is 34.4 Å². The van der Waals surface area contributed by atoms with Crippen molar-refractivity contribution >= 4 is 5.78 Å². The number of hydrogen-bond acceptors (Lipinski definition) is 3. The predicted octanol–water partition coefficient (Wildman–Crippen LogP) is 1.96. The van der Waals surface area contributed by atoms with Crippen LogP contribution in [0, 0.1) is 6.92 Å². The zero-order valence-electron chi connectivity index (χ0n) is 10.9. The van der Waals surface area contributed by atoms with Crippen molar-refractivity contribution in [1.29, 1.82) is 0 Å². The summed E-state index contributed by atoms with van der Waals surface area (Å²) in [6.07, 6.45) is 1.62. The molecule has 2 aliphatic rings. The molecule has 96 valence electrons. The van der Waals surface area contributed by atoms with Gasteiger partial charge in [0, 0.05) is 31.6 Å². The quantitative estimate of drug-likeness (QED) is 0.797. The number of Topliss-reactive ketones (excluding diaryl/α,β-unsaturated/α-hetero) is 1. The molecule has 1 fully saturated rings. The van der Waals surface area contributed by atoms with Crippen LogP contribution < -0.4 is 0 Å². The molecule has 0 bridgehead atoms. The first kappa shape index (κ1) is 11.9. The molecule has 0 amide bonds. The average molecular weight is 245 g/mol. The Morgan fingerprint density at radius 2 is 2.00 bits per heavy atom. The van der Waals surface area contributed by atoms with E-state index in [4.69, 9.17) is 4.74 Å². The number of benzene rings is 1. The van der Waals surface area contributed by atoms with Crippen molar-refractivity contribution in [2.24, 2.45) is 0 Å². The van der Waals surface area contributed by atoms with Gasteiger partial charge < -0.3 is 4.74 Å². The highest BCUT2D eigenvalue weighted by molar-refractivity contribution is 6.00. The van der Waals surface area contributed by atoms with Gasteiger partial charge in [0.15, 0.2) is 5.78 Å². The van der Waals surface area contributed by atoms with E-state index in [0.717, 1.165) is 44.8 Å². The van der Waals surface area contributed by atoms with Gasteiger partial charge in [-0.25, -0.2) is 0 Å². The molecule has 3 rings (SSSR count). The molecule has 0 atom stereocenters. The fraction of sp³-hybridized carbons (Fsp3) is 0.533. The maximum atomic E-state index is 11.8. The first-order valence-electron chi connectivity index (χ1n) is 6.70. The summed E-state index contributed by atoms with van der Waals surface area (Å²) in [5.74, 6) is 0.317. The van der Waals surface area contributed by atoms with E-state index in [0.29, 0.717) is 12.2 Å². The molecule has 0 unspecified atom stereocenters. The van der Waals surface area contributed by atoms with E-state index in [-0.39, 0.29) is 0 Å². The average Bonchev–Trinajstić information content (AvgIpc) is 2.73. The fourth-order valence-corrected chi connectivity index (χ4v) is 2.95. The van der Waals surface area contributed by atoms with Gasteiger partial charge in [-0.05, 0) is 36.1 Å². The second-order valence-corrected chi connectivity index (χ2v) is 5.25. The van der Waals surface area contributed by atoms with Gasteiger partial charge in [0.2, 0.25) is 0 Å². The number of aryl methyl sites for hydroxylation is 1. The number of carbonyl (C=O) groups excluding carboxylic acids is 1. The number of fused-ring (bicyclic) bond motifs is 1. The summed E-state index contributed by atoms with van der Waals surface area (Å²) < 4.78 is 5.36. The summed E-state index contributed by atoms with van der Waals surface area (Å²) in [5.41, 5.74) is 4.79. The number of hydrogen-bond donors (Lipinski definition) is 0. The summed E-state index contributed by atoms with van der Waals surface area (Å²) >= 11 is 0. The van der Waals surface area contributed by atoms with E-state index in [9.17, 15) is 4.79 Å². The third-order valence-electron chi connectivity index (χ3n) is 3.95. The highest BCUT2D eigenvalue weighted by Crippen LogP contribution is 2.27. The molecule has 0 aromatic heterocycles. The Morgan fingerprint density at radius 3 is 2.78 bits per heavy atom. The molecule has 1 heterocycles. The minimum absolute atomic E-state index is 0.317. The van der Waals surface area contributed by atoms with Crippen LogP contribution in [0.25, 0.3) is 0 Å². The van der Waals surface area contributed by atoms with E-state index in [1.807, 2.05) is 0 Å². The number of rotatable bonds is 2. The molecule has 0 N–H and O–H groups in total. The molecule has 1 saturated heterocycles. The third kappa shape index (κ3) is 2.20. The van der Waals surface area contributed by atoms with Crippen molar-refractivity contribution in [3.63, 3.8) is 0 Å². The topological polar surface area (TPSA) is 29.5 Å². The summed E-state index contributed by atoms with van der Waals surface area (Å²) in [6, 6.07) is 4.35. The Labute approximate surface area is 108 Å². The van der Waals surface area contributed by atoms with Crippen molar-refractivity contribution < 1.29 is 9.53 Å². The minimum atomic E-state index is 0.317. The molecule has 1 aliphatic heterocycles. The summed E-state index contributed by atoms with van der Waals surface area (Å²) in [7, 11) is 0. The zero-order chi connectivity index (χ0) is 12.5. The molecule has 1 aromatic carbocycles. The second kappa shape index (κ2) is 4.82. The van der Waals surface area contributed by atoms with Crippen molar-refractivity contribution in [2.75, 3.05) is 26.3 Å². The number of nitrogens with zero attached hydrogens (tertiary/aromatic N) is 1. The van der Waals surface area contributed by atoms with Gasteiger partial charge in [-0.1, -0.05) is 6.07 Å². The molecule has 0 radical (unpaired) electrons. The van der Waals surface area contributed by atoms with Crippen LogP contribution in [0.15, 0.2) is 12.1 Å². The maximum Gasteiger partial charge on any atom is 0.163 e. The Balaban J connectivity index is 1.82. The van der Waals surface area contributed by atoms with Gasteiger partial charge in [-0.2, -0.15) is 0 Å². The molecule has 3 heteroatoms. The van der Waals surface area contributed by atoms with Crippen molar-refractivity contribution in [1.82, 2.24) is 4.90 Å². The third-order valence-corrected chi connectivity index (χ3v) is 3.95. The first-order chi connectivity index (χ1) is 8.74. The number of carbonyl (C=O) groups is 1. The lowest BCUT2D eigenvalue weighted by atomic mass is 10.00. The van der Waals surface area contributed by atoms with Gasteiger partial charge >= 0.3 is 0 Å². The van der Waals surface area contributed by atoms with Crippen LogP contribution in [-0.4, -0.2) is 37.0 Å². The molecule has 0 spiro atoms. The lowest BCUT2D eigenvalue weighted by Crippen LogP contribution is -2.35. The number of ketones is 1. The largest absolute Gasteiger partial charge is 0.379 e. The van der Waals surface area contributed by atoms with Gasteiger partial charge in [-0.15, -0.1) is 0 Å². The van der Waals surface area contributed by atoms with Crippen molar-refractivity contribution in [2.45, 2.75) is 26.3 Å². The van der Waals surface area contributed by atoms with E-state index in [1.54, 1.807) is 0 Å². The van der Waals surface area contributed by atoms with E-state index >= 15 is 0 Å². The van der Waals surface area contributed by atoms with Crippen LogP contribution in [0.4, 0.5) is 0 Å². The lowest BCUT2D eigenvalue weighted by molar-refractivity contribution is 0.0342. The standard InChI is InChI=1S/C15H19NO2/c1-11-8-12(10-16-4-6-18-7-5-16)9-14-13(11)2-3-15(14)17/h8-9H,2-7,10H2,1H3. The Hall–Kier alpha value is -1.19. The van der Waals surface area contributed by atoms with Crippen LogP contribution in [-0.2, 0) is 17.7 Å². The Morgan fingerprint density at radius 1 is 1.22 bits per heavy atom. The molecular formula is C15H19NO2. The van der Waals surface area contributed by atoms with E-state index in [2.05, 4.69) is 24.0 Å².